The van der Waals surface area contributed by atoms with Crippen LogP contribution < -0.4 is 10.6 Å². The molecule has 0 radical (unpaired) electrons. The maximum atomic E-state index is 16.1. The van der Waals surface area contributed by atoms with Crippen molar-refractivity contribution in [1.82, 2.24) is 30.6 Å². The average molecular weight is 721 g/mol. The molecule has 2 aliphatic heterocycles. The van der Waals surface area contributed by atoms with E-state index in [9.17, 15) is 0 Å². The molecule has 3 aliphatic carbocycles. The Bertz CT molecular complexity index is 1970. The van der Waals surface area contributed by atoms with Crippen LogP contribution in [0.4, 0.5) is 8.78 Å². The molecule has 47 heavy (non-hydrogen) atoms. The second-order valence-electron chi connectivity index (χ2n) is 13.7. The van der Waals surface area contributed by atoms with Gasteiger partial charge in [0.25, 0.3) is 5.92 Å². The molecular weight excluding hydrogens is 684 g/mol. The van der Waals surface area contributed by atoms with Gasteiger partial charge >= 0.3 is 0 Å². The molecule has 2 saturated carbocycles. The highest BCUT2D eigenvalue weighted by atomic mass is 35.5. The zero-order chi connectivity index (χ0) is 28.5. The summed E-state index contributed by atoms with van der Waals surface area (Å²) in [7, 11) is 0. The molecule has 12 heteroatoms. The molecule has 4 atom stereocenters. The molecule has 248 valence electrons. The van der Waals surface area contributed by atoms with Gasteiger partial charge in [-0.25, -0.2) is 9.97 Å². The van der Waals surface area contributed by atoms with Gasteiger partial charge in [0, 0.05) is 29.3 Å². The van der Waals surface area contributed by atoms with Crippen molar-refractivity contribution >= 4 is 60.7 Å². The largest absolute Gasteiger partial charge is 0.341 e. The number of hydrogen-bond donors (Lipinski definition) is 4. The number of piperidine rings is 1. The van der Waals surface area contributed by atoms with Crippen molar-refractivity contribution in [3.05, 3.63) is 83.6 Å². The number of imidazole rings is 2. The van der Waals surface area contributed by atoms with Crippen molar-refractivity contribution in [3.8, 4) is 33.5 Å². The van der Waals surface area contributed by atoms with E-state index < -0.39 is 5.92 Å². The van der Waals surface area contributed by atoms with Crippen LogP contribution in [0.2, 0.25) is 0 Å². The molecule has 4 N–H and O–H groups in total. The van der Waals surface area contributed by atoms with Gasteiger partial charge in [-0.3, -0.25) is 0 Å². The molecule has 0 amide bonds. The van der Waals surface area contributed by atoms with E-state index in [0.29, 0.717) is 28.5 Å². The summed E-state index contributed by atoms with van der Waals surface area (Å²) in [6, 6.07) is 18.0. The standard InChI is InChI=1S/C35H32F2N6.4ClH/c36-35(37)25-12-18(19-4-8-27-28(14-19)42-33(41-27)31-21-1-5-22(11-21)40-31)2-6-23(25)24-7-3-20(13-26(24)35)30-16-38-32(43-30)29-15-34(9-10-34)17-39-29;;;;/h2-4,6-8,12-14,16,21-22,29,31,39-40H,1,5,9-11,15,17H2,(H,38,43)(H,41,42);4*1H. The lowest BCUT2D eigenvalue weighted by atomic mass is 9.98. The van der Waals surface area contributed by atoms with Crippen LogP contribution in [0.1, 0.15) is 73.4 Å². The highest BCUT2D eigenvalue weighted by molar-refractivity contribution is 5.87. The van der Waals surface area contributed by atoms with Crippen LogP contribution in [0.3, 0.4) is 0 Å². The van der Waals surface area contributed by atoms with Crippen LogP contribution in [0, 0.1) is 11.3 Å². The number of halogens is 6. The minimum Gasteiger partial charge on any atom is -0.341 e. The van der Waals surface area contributed by atoms with Gasteiger partial charge in [0.1, 0.15) is 11.6 Å². The van der Waals surface area contributed by atoms with Crippen molar-refractivity contribution in [3.63, 3.8) is 0 Å². The van der Waals surface area contributed by atoms with E-state index in [1.807, 2.05) is 42.5 Å². The minimum absolute atomic E-state index is 0. The summed E-state index contributed by atoms with van der Waals surface area (Å²) in [4.78, 5) is 16.4. The number of rotatable bonds is 4. The Kier molecular flexibility index (Phi) is 8.72. The Morgan fingerprint density at radius 2 is 1.47 bits per heavy atom. The predicted molar refractivity (Wildman–Crippen MR) is 191 cm³/mol. The molecule has 5 aromatic rings. The summed E-state index contributed by atoms with van der Waals surface area (Å²) in [5.74, 6) is -0.571. The van der Waals surface area contributed by atoms with Crippen molar-refractivity contribution in [2.45, 2.75) is 62.6 Å². The molecule has 4 fully saturated rings. The minimum atomic E-state index is -3.09. The fourth-order valence-corrected chi connectivity index (χ4v) is 8.42. The molecule has 10 rings (SSSR count). The molecule has 3 aromatic carbocycles. The van der Waals surface area contributed by atoms with Crippen LogP contribution in [0.25, 0.3) is 44.5 Å². The number of H-pyrrole nitrogens is 2. The number of aromatic nitrogens is 4. The lowest BCUT2D eigenvalue weighted by Gasteiger charge is -2.20. The molecule has 5 aliphatic rings. The van der Waals surface area contributed by atoms with Gasteiger partial charge in [-0.1, -0.05) is 30.3 Å². The number of aromatic amines is 2. The fourth-order valence-electron chi connectivity index (χ4n) is 8.42. The topological polar surface area (TPSA) is 81.4 Å². The Morgan fingerprint density at radius 1 is 0.766 bits per heavy atom. The fraction of sp³-hybridized carbons (Fsp3) is 0.371. The third-order valence-electron chi connectivity index (χ3n) is 11.0. The van der Waals surface area contributed by atoms with Crippen LogP contribution in [-0.4, -0.2) is 32.5 Å². The van der Waals surface area contributed by atoms with E-state index in [0.717, 1.165) is 58.0 Å². The highest BCUT2D eigenvalue weighted by Gasteiger charge is 2.49. The third-order valence-corrected chi connectivity index (χ3v) is 11.0. The lowest BCUT2D eigenvalue weighted by molar-refractivity contribution is 0.0481. The first kappa shape index (κ1) is 34.2. The zero-order valence-electron chi connectivity index (χ0n) is 25.3. The van der Waals surface area contributed by atoms with Gasteiger partial charge in [-0.05, 0) is 96.4 Å². The van der Waals surface area contributed by atoms with Gasteiger partial charge in [-0.15, -0.1) is 49.6 Å². The number of alkyl halides is 2. The Morgan fingerprint density at radius 3 is 2.15 bits per heavy atom. The lowest BCUT2D eigenvalue weighted by Crippen LogP contribution is -2.29. The SMILES string of the molecule is Cl.Cl.Cl.Cl.FC1(F)c2cc(-c3ccc4nc(C5NC6CCC5C6)[nH]c4c3)ccc2-c2ccc(-c3cnc(C4CC5(CC5)CN4)[nH]3)cc21. The first-order valence-electron chi connectivity index (χ1n) is 15.6. The van der Waals surface area contributed by atoms with Gasteiger partial charge < -0.3 is 20.6 Å². The second-order valence-corrected chi connectivity index (χ2v) is 13.7. The number of nitrogens with zero attached hydrogens (tertiary/aromatic N) is 2. The summed E-state index contributed by atoms with van der Waals surface area (Å²) in [5.41, 5.74) is 6.79. The summed E-state index contributed by atoms with van der Waals surface area (Å²) in [6.07, 6.45) is 9.16. The van der Waals surface area contributed by atoms with E-state index in [1.54, 1.807) is 18.3 Å². The Labute approximate surface area is 296 Å². The smallest absolute Gasteiger partial charge is 0.299 e. The van der Waals surface area contributed by atoms with Crippen LogP contribution >= 0.6 is 49.6 Å². The molecule has 6 nitrogen and oxygen atoms in total. The quantitative estimate of drug-likeness (QED) is 0.149. The maximum Gasteiger partial charge on any atom is 0.299 e. The van der Waals surface area contributed by atoms with Crippen molar-refractivity contribution < 1.29 is 8.78 Å². The van der Waals surface area contributed by atoms with Crippen LogP contribution in [-0.2, 0) is 5.92 Å². The molecule has 2 saturated heterocycles. The first-order chi connectivity index (χ1) is 20.9. The van der Waals surface area contributed by atoms with Gasteiger partial charge in [0.15, 0.2) is 0 Å². The van der Waals surface area contributed by atoms with Crippen LogP contribution in [0.15, 0.2) is 60.8 Å². The summed E-state index contributed by atoms with van der Waals surface area (Å²) in [6.45, 7) is 1.04. The maximum absolute atomic E-state index is 16.1. The highest BCUT2D eigenvalue weighted by Crippen LogP contribution is 2.55. The van der Waals surface area contributed by atoms with E-state index in [1.165, 1.54) is 32.1 Å². The molecule has 2 aromatic heterocycles. The van der Waals surface area contributed by atoms with Crippen LogP contribution in [0.5, 0.6) is 0 Å². The summed E-state index contributed by atoms with van der Waals surface area (Å²) < 4.78 is 32.2. The second kappa shape index (κ2) is 12.0. The predicted octanol–water partition coefficient (Wildman–Crippen LogP) is 9.06. The normalized spacial score (nSPS) is 25.0. The average Bonchev–Trinajstić information content (AvgIpc) is 3.68. The molecule has 2 bridgehead atoms. The monoisotopic (exact) mass is 718 g/mol. The third kappa shape index (κ3) is 5.27. The number of hydrogen-bond acceptors (Lipinski definition) is 4. The molecule has 1 spiro atoms. The van der Waals surface area contributed by atoms with Gasteiger partial charge in [0.05, 0.1) is 35.0 Å². The van der Waals surface area contributed by atoms with E-state index in [-0.39, 0.29) is 72.8 Å². The molecule has 4 heterocycles. The molecule has 4 unspecified atom stereocenters. The van der Waals surface area contributed by atoms with Gasteiger partial charge in [0.2, 0.25) is 0 Å². The van der Waals surface area contributed by atoms with E-state index in [4.69, 9.17) is 4.98 Å². The van der Waals surface area contributed by atoms with E-state index in [2.05, 4.69) is 25.6 Å². The number of benzene rings is 3. The Balaban J connectivity index is 0.000000966. The van der Waals surface area contributed by atoms with Crippen molar-refractivity contribution in [1.29, 1.82) is 0 Å². The zero-order valence-corrected chi connectivity index (χ0v) is 28.6. The number of nitrogens with one attached hydrogen (secondary N) is 4. The number of fused-ring (bicyclic) bond motifs is 6. The van der Waals surface area contributed by atoms with E-state index >= 15 is 8.78 Å². The summed E-state index contributed by atoms with van der Waals surface area (Å²) in [5, 5.41) is 7.29. The molecular formula is C35H36Cl4F2N6. The first-order valence-corrected chi connectivity index (χ1v) is 15.6. The van der Waals surface area contributed by atoms with Gasteiger partial charge in [-0.2, -0.15) is 8.78 Å². The summed E-state index contributed by atoms with van der Waals surface area (Å²) >= 11 is 0. The van der Waals surface area contributed by atoms with Crippen molar-refractivity contribution in [2.24, 2.45) is 11.3 Å². The van der Waals surface area contributed by atoms with Crippen molar-refractivity contribution in [2.75, 3.05) is 6.54 Å². The Hall–Kier alpha value is -2.72.